The average Bonchev–Trinajstić information content (AvgIpc) is 2.48. The highest BCUT2D eigenvalue weighted by Gasteiger charge is 2.37. The van der Waals surface area contributed by atoms with Crippen LogP contribution >= 0.6 is 15.9 Å². The summed E-state index contributed by atoms with van der Waals surface area (Å²) in [6.45, 7) is 3.48. The number of carbonyl (C=O) groups excluding carboxylic acids is 1. The smallest absolute Gasteiger partial charge is 0.409 e. The van der Waals surface area contributed by atoms with Crippen molar-refractivity contribution in [2.75, 3.05) is 19.7 Å². The van der Waals surface area contributed by atoms with Crippen molar-refractivity contribution in [3.05, 3.63) is 28.5 Å². The molecule has 1 saturated heterocycles. The Hall–Kier alpha value is -1.14. The maximum atomic E-state index is 11.9. The summed E-state index contributed by atoms with van der Waals surface area (Å²) in [5.41, 5.74) is -0.319. The highest BCUT2D eigenvalue weighted by molar-refractivity contribution is 9.10. The zero-order valence-corrected chi connectivity index (χ0v) is 13.8. The molecule has 6 heteroatoms. The van der Waals surface area contributed by atoms with Gasteiger partial charge in [0.1, 0.15) is 10.2 Å². The molecule has 5 nitrogen and oxygen atoms in total. The number of pyridine rings is 1. The van der Waals surface area contributed by atoms with Gasteiger partial charge in [-0.3, -0.25) is 0 Å². The number of hydrogen-bond acceptors (Lipinski definition) is 4. The number of aliphatic hydroxyl groups is 1. The fourth-order valence-electron chi connectivity index (χ4n) is 2.38. The lowest BCUT2D eigenvalue weighted by atomic mass is 9.88. The van der Waals surface area contributed by atoms with Gasteiger partial charge in [-0.15, -0.1) is 0 Å². The number of ether oxygens (including phenoxy) is 1. The van der Waals surface area contributed by atoms with Crippen molar-refractivity contribution in [2.24, 2.45) is 0 Å². The van der Waals surface area contributed by atoms with Gasteiger partial charge in [-0.25, -0.2) is 9.78 Å². The average molecular weight is 357 g/mol. The van der Waals surface area contributed by atoms with Crippen molar-refractivity contribution in [1.29, 1.82) is 0 Å². The van der Waals surface area contributed by atoms with Gasteiger partial charge < -0.3 is 14.7 Å². The molecule has 21 heavy (non-hydrogen) atoms. The van der Waals surface area contributed by atoms with Crippen LogP contribution in [0.25, 0.3) is 0 Å². The molecule has 1 N–H and O–H groups in total. The highest BCUT2D eigenvalue weighted by atomic mass is 79.9. The normalized spacial score (nSPS) is 17.6. The van der Waals surface area contributed by atoms with Crippen LogP contribution in [0.3, 0.4) is 0 Å². The second kappa shape index (κ2) is 7.22. The van der Waals surface area contributed by atoms with Gasteiger partial charge in [0.15, 0.2) is 0 Å². The number of amides is 1. The Labute approximate surface area is 133 Å². The molecule has 1 aromatic rings. The standard InChI is InChI=1S/C15H21BrN2O3/c1-2-3-11-21-14(19)18-9-7-15(20,8-10-18)12-5-4-6-13(16)17-12/h4-6,20H,2-3,7-11H2,1H3. The lowest BCUT2D eigenvalue weighted by Gasteiger charge is -2.37. The van der Waals surface area contributed by atoms with Crippen LogP contribution in [0, 0.1) is 0 Å². The van der Waals surface area contributed by atoms with Crippen LogP contribution in [0.15, 0.2) is 22.8 Å². The van der Waals surface area contributed by atoms with E-state index in [1.165, 1.54) is 0 Å². The quantitative estimate of drug-likeness (QED) is 0.665. The Morgan fingerprint density at radius 3 is 2.81 bits per heavy atom. The number of likely N-dealkylation sites (tertiary alicyclic amines) is 1. The van der Waals surface area contributed by atoms with Crippen molar-refractivity contribution in [2.45, 2.75) is 38.2 Å². The lowest BCUT2D eigenvalue weighted by Crippen LogP contribution is -2.45. The van der Waals surface area contributed by atoms with E-state index in [1.807, 2.05) is 18.2 Å². The molecule has 1 fully saturated rings. The number of aromatic nitrogens is 1. The largest absolute Gasteiger partial charge is 0.449 e. The molecule has 0 bridgehead atoms. The number of hydrogen-bond donors (Lipinski definition) is 1. The van der Waals surface area contributed by atoms with Gasteiger partial charge in [0.2, 0.25) is 0 Å². The number of rotatable bonds is 4. The van der Waals surface area contributed by atoms with Gasteiger partial charge >= 0.3 is 6.09 Å². The monoisotopic (exact) mass is 356 g/mol. The van der Waals surface area contributed by atoms with E-state index in [2.05, 4.69) is 27.8 Å². The van der Waals surface area contributed by atoms with E-state index in [1.54, 1.807) is 4.90 Å². The molecule has 0 aromatic carbocycles. The van der Waals surface area contributed by atoms with Crippen molar-refractivity contribution in [3.63, 3.8) is 0 Å². The van der Waals surface area contributed by atoms with Crippen LogP contribution in [0.4, 0.5) is 4.79 Å². The number of nitrogens with zero attached hydrogens (tertiary/aromatic N) is 2. The Morgan fingerprint density at radius 2 is 2.19 bits per heavy atom. The van der Waals surface area contributed by atoms with Crippen LogP contribution in [-0.4, -0.2) is 40.8 Å². The first-order valence-electron chi connectivity index (χ1n) is 7.32. The van der Waals surface area contributed by atoms with E-state index < -0.39 is 5.60 Å². The number of halogens is 1. The minimum atomic E-state index is -0.968. The van der Waals surface area contributed by atoms with Crippen molar-refractivity contribution in [3.8, 4) is 0 Å². The topological polar surface area (TPSA) is 62.7 Å². The van der Waals surface area contributed by atoms with Crippen LogP contribution in [0.5, 0.6) is 0 Å². The fraction of sp³-hybridized carbons (Fsp3) is 0.600. The van der Waals surface area contributed by atoms with Crippen LogP contribution < -0.4 is 0 Å². The third kappa shape index (κ3) is 4.17. The molecule has 0 unspecified atom stereocenters. The summed E-state index contributed by atoms with van der Waals surface area (Å²) < 4.78 is 5.90. The summed E-state index contributed by atoms with van der Waals surface area (Å²) in [6, 6.07) is 5.50. The molecule has 2 rings (SSSR count). The summed E-state index contributed by atoms with van der Waals surface area (Å²) in [4.78, 5) is 17.9. The van der Waals surface area contributed by atoms with E-state index in [0.717, 1.165) is 12.8 Å². The predicted octanol–water partition coefficient (Wildman–Crippen LogP) is 3.06. The van der Waals surface area contributed by atoms with Crippen molar-refractivity contribution in [1.82, 2.24) is 9.88 Å². The highest BCUT2D eigenvalue weighted by Crippen LogP contribution is 2.32. The van der Waals surface area contributed by atoms with E-state index in [4.69, 9.17) is 4.74 Å². The summed E-state index contributed by atoms with van der Waals surface area (Å²) >= 11 is 3.32. The molecule has 1 aromatic heterocycles. The van der Waals surface area contributed by atoms with Gasteiger partial charge in [-0.1, -0.05) is 19.4 Å². The summed E-state index contributed by atoms with van der Waals surface area (Å²) in [6.07, 6.45) is 2.54. The van der Waals surface area contributed by atoms with E-state index in [-0.39, 0.29) is 6.09 Å². The Kier molecular flexibility index (Phi) is 5.58. The molecule has 116 valence electrons. The number of carbonyl (C=O) groups is 1. The number of piperidine rings is 1. The maximum Gasteiger partial charge on any atom is 0.409 e. The third-order valence-electron chi connectivity index (χ3n) is 3.76. The van der Waals surface area contributed by atoms with Crippen LogP contribution in [0.1, 0.15) is 38.3 Å². The predicted molar refractivity (Wildman–Crippen MR) is 82.9 cm³/mol. The molecule has 1 aliphatic rings. The Bertz CT molecular complexity index is 488. The van der Waals surface area contributed by atoms with Crippen LogP contribution in [0.2, 0.25) is 0 Å². The minimum Gasteiger partial charge on any atom is -0.449 e. The van der Waals surface area contributed by atoms with Crippen molar-refractivity contribution < 1.29 is 14.6 Å². The molecule has 1 amide bonds. The summed E-state index contributed by atoms with van der Waals surface area (Å²) in [5.74, 6) is 0. The second-order valence-electron chi connectivity index (χ2n) is 5.33. The van der Waals surface area contributed by atoms with E-state index >= 15 is 0 Å². The van der Waals surface area contributed by atoms with E-state index in [0.29, 0.717) is 42.8 Å². The van der Waals surface area contributed by atoms with Gasteiger partial charge in [0.05, 0.1) is 12.3 Å². The van der Waals surface area contributed by atoms with Gasteiger partial charge in [-0.05, 0) is 47.3 Å². The zero-order chi connectivity index (χ0) is 15.3. The molecule has 0 spiro atoms. The van der Waals surface area contributed by atoms with Gasteiger partial charge in [0, 0.05) is 13.1 Å². The molecule has 0 radical (unpaired) electrons. The van der Waals surface area contributed by atoms with Gasteiger partial charge in [-0.2, -0.15) is 0 Å². The molecule has 2 heterocycles. The second-order valence-corrected chi connectivity index (χ2v) is 6.14. The fourth-order valence-corrected chi connectivity index (χ4v) is 2.72. The van der Waals surface area contributed by atoms with Gasteiger partial charge in [0.25, 0.3) is 0 Å². The first-order chi connectivity index (χ1) is 10.0. The first-order valence-corrected chi connectivity index (χ1v) is 8.11. The van der Waals surface area contributed by atoms with Crippen molar-refractivity contribution >= 4 is 22.0 Å². The molecule has 0 aliphatic carbocycles. The zero-order valence-electron chi connectivity index (χ0n) is 12.2. The molecule has 1 aliphatic heterocycles. The summed E-state index contributed by atoms with van der Waals surface area (Å²) in [7, 11) is 0. The molecular formula is C15H21BrN2O3. The lowest BCUT2D eigenvalue weighted by molar-refractivity contribution is -0.0281. The minimum absolute atomic E-state index is 0.285. The van der Waals surface area contributed by atoms with Crippen LogP contribution in [-0.2, 0) is 10.3 Å². The molecule has 0 saturated carbocycles. The van der Waals surface area contributed by atoms with E-state index in [9.17, 15) is 9.90 Å². The third-order valence-corrected chi connectivity index (χ3v) is 4.21. The Morgan fingerprint density at radius 1 is 1.48 bits per heavy atom. The molecule has 0 atom stereocenters. The molecular weight excluding hydrogens is 336 g/mol. The SMILES string of the molecule is CCCCOC(=O)N1CCC(O)(c2cccc(Br)n2)CC1. The first kappa shape index (κ1) is 16.2. The Balaban J connectivity index is 1.91. The summed E-state index contributed by atoms with van der Waals surface area (Å²) in [5, 5.41) is 10.7. The maximum absolute atomic E-state index is 11.9. The number of unbranched alkanes of at least 4 members (excludes halogenated alkanes) is 1.